The van der Waals surface area contributed by atoms with Crippen LogP contribution in [0.5, 0.6) is 0 Å². The molecule has 0 atom stereocenters. The van der Waals surface area contributed by atoms with E-state index in [0.717, 1.165) is 11.4 Å². The van der Waals surface area contributed by atoms with E-state index in [1.165, 1.54) is 123 Å². The molecule has 0 aromatic heterocycles. The lowest BCUT2D eigenvalue weighted by Crippen LogP contribution is -2.59. The predicted molar refractivity (Wildman–Crippen MR) is 396 cm³/mol. The number of rotatable bonds is 17. The minimum Gasteiger partial charge on any atom is -0.311 e. The summed E-state index contributed by atoms with van der Waals surface area (Å²) in [6, 6.07) is 72.9. The standard InChI is InChI=1S/C71H77BN2.C16H18/c1-17-21-26-54(19-3)69(11,12)57-34-37-60(38-35-57)73-66-41-36-59(70(13,14)55(20-4)27-22-18-2)46-63(66)72(62-45-58(33-32-50(62)7)71(15,16)56-28-24-23-25-29-56)68-53(10)44-61(47-67(68)73)74(64-39-30-48(5)42-51(64)8)65-40-31-49(6)43-52(65)9;1-13-9-11-15(12-10-13)16(2,3)14-7-5-4-6-8-14/h17-47H,1,4H2,2-3,5-16H3;4-12H,1-3H3/b22-18-,26-21-,54-19+,55-27+;. The van der Waals surface area contributed by atoms with Gasteiger partial charge in [-0.3, -0.25) is 0 Å². The van der Waals surface area contributed by atoms with Gasteiger partial charge in [-0.15, -0.1) is 0 Å². The second kappa shape index (κ2) is 27.0. The molecule has 0 bridgehead atoms. The Labute approximate surface area is 542 Å². The third-order valence-electron chi connectivity index (χ3n) is 19.4. The third-order valence-corrected chi connectivity index (χ3v) is 19.4. The van der Waals surface area contributed by atoms with Crippen molar-refractivity contribution < 1.29 is 0 Å². The summed E-state index contributed by atoms with van der Waals surface area (Å²) in [5, 5.41) is 0. The first kappa shape index (κ1) is 65.5. The molecule has 1 heterocycles. The van der Waals surface area contributed by atoms with Crippen molar-refractivity contribution in [2.75, 3.05) is 9.80 Å². The number of nitrogens with zero attached hydrogens (tertiary/aromatic N) is 2. The van der Waals surface area contributed by atoms with E-state index in [4.69, 9.17) is 0 Å². The Morgan fingerprint density at radius 3 is 1.47 bits per heavy atom. The van der Waals surface area contributed by atoms with Gasteiger partial charge < -0.3 is 9.80 Å². The quantitative estimate of drug-likeness (QED) is 0.0662. The van der Waals surface area contributed by atoms with Gasteiger partial charge in [-0.25, -0.2) is 0 Å². The second-order valence-corrected chi connectivity index (χ2v) is 27.1. The summed E-state index contributed by atoms with van der Waals surface area (Å²) in [7, 11) is 0. The number of hydrogen-bond donors (Lipinski definition) is 0. The zero-order valence-electron chi connectivity index (χ0n) is 57.0. The molecular formula is C87H95BN2. The van der Waals surface area contributed by atoms with Crippen molar-refractivity contribution in [3.63, 3.8) is 0 Å². The second-order valence-electron chi connectivity index (χ2n) is 27.1. The Morgan fingerprint density at radius 2 is 0.933 bits per heavy atom. The lowest BCUT2D eigenvalue weighted by Gasteiger charge is -2.41. The molecule has 0 saturated heterocycles. The van der Waals surface area contributed by atoms with Crippen LogP contribution in [0.1, 0.15) is 142 Å². The maximum atomic E-state index is 4.33. The number of anilines is 6. The fraction of sp³-hybridized carbons (Fsp3) is 0.241. The Balaban J connectivity index is 0.000000519. The van der Waals surface area contributed by atoms with Crippen LogP contribution < -0.4 is 26.2 Å². The molecule has 3 heteroatoms. The zero-order chi connectivity index (χ0) is 64.9. The van der Waals surface area contributed by atoms with Crippen molar-refractivity contribution in [2.24, 2.45) is 0 Å². The van der Waals surface area contributed by atoms with Crippen LogP contribution in [0.3, 0.4) is 0 Å². The number of hydrogen-bond acceptors (Lipinski definition) is 2. The highest BCUT2D eigenvalue weighted by atomic mass is 15.2. The number of fused-ring (bicyclic) bond motifs is 2. The van der Waals surface area contributed by atoms with Crippen molar-refractivity contribution in [1.82, 2.24) is 0 Å². The van der Waals surface area contributed by atoms with Crippen molar-refractivity contribution in [3.05, 3.63) is 339 Å². The number of benzene rings is 9. The SMILES string of the molecule is C=C/C=C\C(=C/C)C(C)(C)c1ccc(N2c3ccc(C(C)(C)/C(C=C)=C/C=C\C)cc3B(c3cc(C(C)(C)c4ccccc4)ccc3C)c3c(C)cc(N(c4ccc(C)cc4C)c4ccc(C)cc4C)cc32)cc1.Cc1ccc(C(C)(C)c2ccccc2)cc1. The summed E-state index contributed by atoms with van der Waals surface area (Å²) >= 11 is 0. The maximum absolute atomic E-state index is 4.33. The molecule has 456 valence electrons. The van der Waals surface area contributed by atoms with Crippen molar-refractivity contribution in [2.45, 2.75) is 139 Å². The maximum Gasteiger partial charge on any atom is 0.247 e. The van der Waals surface area contributed by atoms with Gasteiger partial charge in [0, 0.05) is 55.8 Å². The van der Waals surface area contributed by atoms with Gasteiger partial charge in [0.2, 0.25) is 6.71 Å². The molecule has 0 radical (unpaired) electrons. The lowest BCUT2D eigenvalue weighted by molar-refractivity contribution is 0.638. The fourth-order valence-corrected chi connectivity index (χ4v) is 13.5. The first-order valence-electron chi connectivity index (χ1n) is 32.2. The van der Waals surface area contributed by atoms with Gasteiger partial charge in [-0.2, -0.15) is 0 Å². The van der Waals surface area contributed by atoms with Crippen LogP contribution in [0.25, 0.3) is 0 Å². The van der Waals surface area contributed by atoms with Gasteiger partial charge in [0.1, 0.15) is 0 Å². The van der Waals surface area contributed by atoms with Gasteiger partial charge in [0.05, 0.1) is 0 Å². The molecule has 9 aromatic carbocycles. The highest BCUT2D eigenvalue weighted by molar-refractivity contribution is 6.98. The van der Waals surface area contributed by atoms with E-state index < -0.39 is 0 Å². The highest BCUT2D eigenvalue weighted by Crippen LogP contribution is 2.46. The van der Waals surface area contributed by atoms with Gasteiger partial charge in [0.15, 0.2) is 0 Å². The largest absolute Gasteiger partial charge is 0.311 e. The number of allylic oxidation sites excluding steroid dienone is 10. The molecule has 9 aromatic rings. The third kappa shape index (κ3) is 13.2. The minimum atomic E-state index is -0.340. The lowest BCUT2D eigenvalue weighted by atomic mass is 9.33. The molecule has 1 aliphatic rings. The summed E-state index contributed by atoms with van der Waals surface area (Å²) < 4.78 is 0. The average molecular weight is 1180 g/mol. The van der Waals surface area contributed by atoms with Crippen LogP contribution in [0, 0.1) is 48.5 Å². The molecule has 10 rings (SSSR count). The first-order valence-corrected chi connectivity index (χ1v) is 32.2. The Hall–Kier alpha value is -8.92. The minimum absolute atomic E-state index is 0.0783. The van der Waals surface area contributed by atoms with Crippen LogP contribution in [0.2, 0.25) is 0 Å². The van der Waals surface area contributed by atoms with Gasteiger partial charge in [-0.05, 0) is 171 Å². The summed E-state index contributed by atoms with van der Waals surface area (Å²) in [6.45, 7) is 46.6. The molecule has 0 saturated carbocycles. The predicted octanol–water partition coefficient (Wildman–Crippen LogP) is 21.9. The van der Waals surface area contributed by atoms with Crippen molar-refractivity contribution in [3.8, 4) is 0 Å². The fourth-order valence-electron chi connectivity index (χ4n) is 13.5. The van der Waals surface area contributed by atoms with Crippen LogP contribution in [0.4, 0.5) is 34.1 Å². The normalized spacial score (nSPS) is 13.0. The van der Waals surface area contributed by atoms with Gasteiger partial charge in [-0.1, -0.05) is 302 Å². The van der Waals surface area contributed by atoms with E-state index in [1.807, 2.05) is 18.2 Å². The molecule has 0 spiro atoms. The van der Waals surface area contributed by atoms with Crippen LogP contribution in [-0.4, -0.2) is 6.71 Å². The van der Waals surface area contributed by atoms with Gasteiger partial charge in [0.25, 0.3) is 0 Å². The Bertz CT molecular complexity index is 4130. The van der Waals surface area contributed by atoms with E-state index in [-0.39, 0.29) is 28.4 Å². The van der Waals surface area contributed by atoms with E-state index in [0.29, 0.717) is 0 Å². The van der Waals surface area contributed by atoms with Gasteiger partial charge >= 0.3 is 0 Å². The summed E-state index contributed by atoms with van der Waals surface area (Å²) in [5.41, 5.74) is 29.0. The van der Waals surface area contributed by atoms with E-state index in [9.17, 15) is 0 Å². The molecule has 0 unspecified atom stereocenters. The van der Waals surface area contributed by atoms with Crippen LogP contribution in [-0.2, 0) is 21.7 Å². The van der Waals surface area contributed by atoms with E-state index >= 15 is 0 Å². The zero-order valence-corrected chi connectivity index (χ0v) is 57.0. The smallest absolute Gasteiger partial charge is 0.247 e. The monoisotopic (exact) mass is 1180 g/mol. The average Bonchev–Trinajstić information content (AvgIpc) is 0.716. The van der Waals surface area contributed by atoms with E-state index in [1.54, 1.807) is 0 Å². The molecule has 0 N–H and O–H groups in total. The summed E-state index contributed by atoms with van der Waals surface area (Å²) in [4.78, 5) is 5.05. The van der Waals surface area contributed by atoms with E-state index in [2.05, 4.69) is 365 Å². The molecule has 1 aliphatic heterocycles. The van der Waals surface area contributed by atoms with Crippen LogP contribution in [0.15, 0.2) is 267 Å². The molecule has 0 aliphatic carbocycles. The summed E-state index contributed by atoms with van der Waals surface area (Å²) in [5.74, 6) is 0. The Kier molecular flexibility index (Phi) is 19.7. The summed E-state index contributed by atoms with van der Waals surface area (Å²) in [6.07, 6.45) is 16.7. The number of aryl methyl sites for hydroxylation is 7. The van der Waals surface area contributed by atoms with Crippen molar-refractivity contribution in [1.29, 1.82) is 0 Å². The highest BCUT2D eigenvalue weighted by Gasteiger charge is 2.41. The van der Waals surface area contributed by atoms with Crippen molar-refractivity contribution >= 4 is 57.2 Å². The molecule has 0 amide bonds. The molecule has 90 heavy (non-hydrogen) atoms. The van der Waals surface area contributed by atoms with Crippen LogP contribution >= 0.6 is 0 Å². The topological polar surface area (TPSA) is 6.48 Å². The molecular weight excluding hydrogens is 1080 g/mol. The molecule has 2 nitrogen and oxygen atoms in total. The Morgan fingerprint density at radius 1 is 0.433 bits per heavy atom. The first-order chi connectivity index (χ1) is 42.9. The molecule has 0 fully saturated rings.